The summed E-state index contributed by atoms with van der Waals surface area (Å²) in [5, 5.41) is 0. The van der Waals surface area contributed by atoms with E-state index >= 15 is 0 Å². The van der Waals surface area contributed by atoms with Gasteiger partial charge in [-0.05, 0) is 31.0 Å². The van der Waals surface area contributed by atoms with Gasteiger partial charge in [-0.15, -0.1) is 0 Å². The predicted molar refractivity (Wildman–Crippen MR) is 94.6 cm³/mol. The van der Waals surface area contributed by atoms with Crippen molar-refractivity contribution in [3.63, 3.8) is 0 Å². The minimum absolute atomic E-state index is 0.0931. The Morgan fingerprint density at radius 1 is 1.08 bits per heavy atom. The van der Waals surface area contributed by atoms with Crippen molar-refractivity contribution in [3.05, 3.63) is 29.3 Å². The van der Waals surface area contributed by atoms with Crippen LogP contribution in [0.15, 0.2) is 18.2 Å². The number of nitrogens with zero attached hydrogens (tertiary/aromatic N) is 3. The summed E-state index contributed by atoms with van der Waals surface area (Å²) < 4.78 is 24.2. The molecule has 0 atom stereocenters. The van der Waals surface area contributed by atoms with E-state index in [9.17, 15) is 13.2 Å². The molecule has 0 radical (unpaired) electrons. The number of carbonyl (C=O) groups is 1. The number of carbonyl (C=O) groups excluding carboxylic acids is 1. The molecule has 2 saturated heterocycles. The molecule has 0 unspecified atom stereocenters. The van der Waals surface area contributed by atoms with Crippen molar-refractivity contribution in [2.75, 3.05) is 50.4 Å². The van der Waals surface area contributed by atoms with Gasteiger partial charge >= 0.3 is 0 Å². The molecule has 2 aliphatic heterocycles. The zero-order chi connectivity index (χ0) is 17.5. The molecule has 0 N–H and O–H groups in total. The van der Waals surface area contributed by atoms with Crippen LogP contribution >= 0.6 is 0 Å². The lowest BCUT2D eigenvalue weighted by Gasteiger charge is -2.42. The van der Waals surface area contributed by atoms with Crippen LogP contribution in [0.25, 0.3) is 0 Å². The van der Waals surface area contributed by atoms with E-state index in [4.69, 9.17) is 0 Å². The Labute approximate surface area is 144 Å². The topological polar surface area (TPSA) is 60.9 Å². The summed E-state index contributed by atoms with van der Waals surface area (Å²) in [5.41, 5.74) is 3.74. The third-order valence-electron chi connectivity index (χ3n) is 4.96. The van der Waals surface area contributed by atoms with Crippen molar-refractivity contribution < 1.29 is 13.2 Å². The number of hydrogen-bond donors (Lipinski definition) is 0. The average molecular weight is 351 g/mol. The Morgan fingerprint density at radius 3 is 2.29 bits per heavy atom. The molecule has 0 aromatic heterocycles. The first-order valence-electron chi connectivity index (χ1n) is 8.32. The highest BCUT2D eigenvalue weighted by atomic mass is 32.2. The molecule has 0 aliphatic carbocycles. The van der Waals surface area contributed by atoms with Crippen LogP contribution in [0, 0.1) is 19.8 Å². The summed E-state index contributed by atoms with van der Waals surface area (Å²) in [7, 11) is -3.16. The van der Waals surface area contributed by atoms with Crippen molar-refractivity contribution in [2.24, 2.45) is 5.92 Å². The number of amides is 1. The largest absolute Gasteiger partial charge is 0.368 e. The molecule has 2 aliphatic rings. The van der Waals surface area contributed by atoms with Crippen LogP contribution in [0.1, 0.15) is 11.1 Å². The molecule has 132 valence electrons. The van der Waals surface area contributed by atoms with Crippen LogP contribution in [0.4, 0.5) is 5.69 Å². The summed E-state index contributed by atoms with van der Waals surface area (Å²) in [6.07, 6.45) is 1.19. The van der Waals surface area contributed by atoms with Gasteiger partial charge in [0.05, 0.1) is 12.2 Å². The first-order chi connectivity index (χ1) is 11.3. The van der Waals surface area contributed by atoms with E-state index in [1.165, 1.54) is 27.4 Å². The van der Waals surface area contributed by atoms with Gasteiger partial charge in [-0.2, -0.15) is 0 Å². The summed E-state index contributed by atoms with van der Waals surface area (Å²) >= 11 is 0. The first-order valence-corrected chi connectivity index (χ1v) is 10.2. The van der Waals surface area contributed by atoms with Gasteiger partial charge in [-0.25, -0.2) is 12.7 Å². The van der Waals surface area contributed by atoms with Crippen LogP contribution in [0.3, 0.4) is 0 Å². The molecule has 1 aromatic carbocycles. The van der Waals surface area contributed by atoms with E-state index in [1.807, 2.05) is 4.90 Å². The van der Waals surface area contributed by atoms with E-state index in [1.54, 1.807) is 0 Å². The molecule has 6 nitrogen and oxygen atoms in total. The zero-order valence-electron chi connectivity index (χ0n) is 14.5. The number of aryl methyl sites for hydroxylation is 2. The van der Waals surface area contributed by atoms with Crippen LogP contribution in [0.5, 0.6) is 0 Å². The molecule has 1 aromatic rings. The summed E-state index contributed by atoms with van der Waals surface area (Å²) in [5.74, 6) is -0.0810. The van der Waals surface area contributed by atoms with E-state index in [2.05, 4.69) is 36.9 Å². The van der Waals surface area contributed by atoms with E-state index in [-0.39, 0.29) is 11.8 Å². The second-order valence-electron chi connectivity index (χ2n) is 6.88. The minimum Gasteiger partial charge on any atom is -0.368 e. The fourth-order valence-electron chi connectivity index (χ4n) is 3.35. The Morgan fingerprint density at radius 2 is 1.71 bits per heavy atom. The average Bonchev–Trinajstić information content (AvgIpc) is 2.47. The molecule has 3 rings (SSSR count). The van der Waals surface area contributed by atoms with E-state index in [0.717, 1.165) is 13.1 Å². The summed E-state index contributed by atoms with van der Waals surface area (Å²) in [6.45, 7) is 7.89. The number of hydrogen-bond acceptors (Lipinski definition) is 4. The van der Waals surface area contributed by atoms with Crippen LogP contribution < -0.4 is 4.90 Å². The van der Waals surface area contributed by atoms with Gasteiger partial charge in [0.15, 0.2) is 0 Å². The maximum atomic E-state index is 12.5. The second-order valence-corrected chi connectivity index (χ2v) is 8.86. The molecule has 0 bridgehead atoms. The van der Waals surface area contributed by atoms with Gasteiger partial charge in [-0.1, -0.05) is 12.1 Å². The van der Waals surface area contributed by atoms with Gasteiger partial charge in [0.25, 0.3) is 0 Å². The number of rotatable bonds is 3. The minimum atomic E-state index is -3.16. The predicted octanol–water partition coefficient (Wildman–Crippen LogP) is 0.843. The Balaban J connectivity index is 1.56. The Kier molecular flexibility index (Phi) is 4.57. The van der Waals surface area contributed by atoms with Crippen LogP contribution in [-0.4, -0.2) is 69.1 Å². The van der Waals surface area contributed by atoms with Crippen molar-refractivity contribution >= 4 is 21.6 Å². The van der Waals surface area contributed by atoms with Crippen LogP contribution in [-0.2, 0) is 14.8 Å². The lowest BCUT2D eigenvalue weighted by molar-refractivity contribution is -0.139. The third-order valence-corrected chi connectivity index (χ3v) is 6.20. The molecule has 2 fully saturated rings. The Bertz CT molecular complexity index is 733. The van der Waals surface area contributed by atoms with Gasteiger partial charge in [0, 0.05) is 45.0 Å². The number of sulfonamides is 1. The van der Waals surface area contributed by atoms with Gasteiger partial charge in [0.2, 0.25) is 15.9 Å². The molecule has 0 spiro atoms. The smallest absolute Gasteiger partial charge is 0.228 e. The number of piperazine rings is 1. The normalized spacial score (nSPS) is 20.1. The SMILES string of the molecule is Cc1ccc(C)c(N2CCN(C(=O)C3CN(S(C)(=O)=O)C3)CC2)c1. The van der Waals surface area contributed by atoms with Crippen molar-refractivity contribution in [3.8, 4) is 0 Å². The highest BCUT2D eigenvalue weighted by Crippen LogP contribution is 2.25. The molecule has 2 heterocycles. The fraction of sp³-hybridized carbons (Fsp3) is 0.588. The number of benzene rings is 1. The second kappa shape index (κ2) is 6.37. The molecule has 7 heteroatoms. The van der Waals surface area contributed by atoms with Gasteiger partial charge in [0.1, 0.15) is 0 Å². The van der Waals surface area contributed by atoms with Gasteiger partial charge in [-0.3, -0.25) is 4.79 Å². The highest BCUT2D eigenvalue weighted by Gasteiger charge is 2.40. The third kappa shape index (κ3) is 3.42. The van der Waals surface area contributed by atoms with E-state index in [0.29, 0.717) is 26.2 Å². The lowest BCUT2D eigenvalue weighted by atomic mass is 10.0. The molecular weight excluding hydrogens is 326 g/mol. The first kappa shape index (κ1) is 17.2. The summed E-state index contributed by atoms with van der Waals surface area (Å²) in [6, 6.07) is 6.45. The number of anilines is 1. The molecular formula is C17H25N3O3S. The van der Waals surface area contributed by atoms with Gasteiger partial charge < -0.3 is 9.80 Å². The lowest BCUT2D eigenvalue weighted by Crippen LogP contribution is -2.58. The molecule has 1 amide bonds. The molecule has 24 heavy (non-hydrogen) atoms. The standard InChI is InChI=1S/C17H25N3O3S/c1-13-4-5-14(2)16(10-13)18-6-8-19(9-7-18)17(21)15-11-20(12-15)24(3,22)23/h4-5,10,15H,6-9,11-12H2,1-3H3. The molecule has 0 saturated carbocycles. The van der Waals surface area contributed by atoms with E-state index < -0.39 is 10.0 Å². The monoisotopic (exact) mass is 351 g/mol. The zero-order valence-corrected chi connectivity index (χ0v) is 15.3. The van der Waals surface area contributed by atoms with Crippen molar-refractivity contribution in [1.82, 2.24) is 9.21 Å². The summed E-state index contributed by atoms with van der Waals surface area (Å²) in [4.78, 5) is 16.7. The van der Waals surface area contributed by atoms with Crippen molar-refractivity contribution in [1.29, 1.82) is 0 Å². The van der Waals surface area contributed by atoms with Crippen molar-refractivity contribution in [2.45, 2.75) is 13.8 Å². The Hall–Kier alpha value is -1.60. The maximum absolute atomic E-state index is 12.5. The quantitative estimate of drug-likeness (QED) is 0.810. The maximum Gasteiger partial charge on any atom is 0.228 e. The highest BCUT2D eigenvalue weighted by molar-refractivity contribution is 7.88. The van der Waals surface area contributed by atoms with Crippen LogP contribution in [0.2, 0.25) is 0 Å². The fourth-order valence-corrected chi connectivity index (χ4v) is 4.25.